The zero-order valence-electron chi connectivity index (χ0n) is 9.32. The van der Waals surface area contributed by atoms with E-state index in [1.54, 1.807) is 4.90 Å². The van der Waals surface area contributed by atoms with Gasteiger partial charge in [0, 0.05) is 32.1 Å². The first kappa shape index (κ1) is 11.4. The maximum Gasteiger partial charge on any atom is 0.308 e. The highest BCUT2D eigenvalue weighted by atomic mass is 16.4. The fourth-order valence-electron chi connectivity index (χ4n) is 2.02. The highest BCUT2D eigenvalue weighted by molar-refractivity contribution is 5.78. The fraction of sp³-hybridized carbons (Fsp3) is 0.818. The van der Waals surface area contributed by atoms with Crippen LogP contribution in [0.4, 0.5) is 0 Å². The summed E-state index contributed by atoms with van der Waals surface area (Å²) in [6, 6.07) is 0.623. The van der Waals surface area contributed by atoms with E-state index >= 15 is 0 Å². The molecule has 1 aliphatic carbocycles. The number of rotatable bonds is 5. The average Bonchev–Trinajstić information content (AvgIpc) is 2.93. The van der Waals surface area contributed by atoms with Gasteiger partial charge < -0.3 is 15.3 Å². The molecule has 2 N–H and O–H groups in total. The quantitative estimate of drug-likeness (QED) is 0.695. The van der Waals surface area contributed by atoms with Gasteiger partial charge in [-0.15, -0.1) is 0 Å². The van der Waals surface area contributed by atoms with E-state index in [1.807, 2.05) is 0 Å². The largest absolute Gasteiger partial charge is 0.481 e. The van der Waals surface area contributed by atoms with Crippen molar-refractivity contribution < 1.29 is 14.7 Å². The van der Waals surface area contributed by atoms with Crippen molar-refractivity contribution in [2.45, 2.75) is 31.7 Å². The topological polar surface area (TPSA) is 69.6 Å². The van der Waals surface area contributed by atoms with E-state index in [2.05, 4.69) is 5.32 Å². The smallest absolute Gasteiger partial charge is 0.308 e. The molecule has 0 aromatic rings. The number of nitrogens with one attached hydrogen (secondary N) is 1. The van der Waals surface area contributed by atoms with Crippen LogP contribution in [0.25, 0.3) is 0 Å². The van der Waals surface area contributed by atoms with Gasteiger partial charge in [0.1, 0.15) is 0 Å². The predicted octanol–water partition coefficient (Wildman–Crippen LogP) is 0.0616. The number of nitrogens with zero attached hydrogens (tertiary/aromatic N) is 1. The second kappa shape index (κ2) is 4.82. The Labute approximate surface area is 94.8 Å². The van der Waals surface area contributed by atoms with Gasteiger partial charge in [-0.2, -0.15) is 0 Å². The molecule has 2 fully saturated rings. The molecule has 5 heteroatoms. The minimum atomic E-state index is -0.786. The molecule has 1 amide bonds. The third kappa shape index (κ3) is 2.95. The number of likely N-dealkylation sites (tertiary alicyclic amines) is 1. The van der Waals surface area contributed by atoms with Gasteiger partial charge in [-0.25, -0.2) is 0 Å². The van der Waals surface area contributed by atoms with E-state index in [9.17, 15) is 9.59 Å². The van der Waals surface area contributed by atoms with Crippen LogP contribution in [0, 0.1) is 5.92 Å². The number of carboxylic acids is 1. The fourth-order valence-corrected chi connectivity index (χ4v) is 2.02. The Hall–Kier alpha value is -1.10. The lowest BCUT2D eigenvalue weighted by atomic mass is 10.1. The molecular weight excluding hydrogens is 208 g/mol. The zero-order chi connectivity index (χ0) is 11.5. The summed E-state index contributed by atoms with van der Waals surface area (Å²) < 4.78 is 0. The molecule has 0 bridgehead atoms. The van der Waals surface area contributed by atoms with E-state index in [-0.39, 0.29) is 11.8 Å². The molecule has 1 saturated heterocycles. The first-order valence-electron chi connectivity index (χ1n) is 5.91. The second-order valence-electron chi connectivity index (χ2n) is 4.64. The van der Waals surface area contributed by atoms with Gasteiger partial charge in [0.25, 0.3) is 0 Å². The molecule has 90 valence electrons. The van der Waals surface area contributed by atoms with Crippen LogP contribution in [-0.4, -0.2) is 47.6 Å². The van der Waals surface area contributed by atoms with Crippen LogP contribution in [-0.2, 0) is 9.59 Å². The van der Waals surface area contributed by atoms with Crippen molar-refractivity contribution >= 4 is 11.9 Å². The van der Waals surface area contributed by atoms with Crippen LogP contribution in [0.2, 0.25) is 0 Å². The van der Waals surface area contributed by atoms with E-state index in [1.165, 1.54) is 12.8 Å². The van der Waals surface area contributed by atoms with Crippen LogP contribution >= 0.6 is 0 Å². The van der Waals surface area contributed by atoms with Crippen molar-refractivity contribution in [3.8, 4) is 0 Å². The highest BCUT2D eigenvalue weighted by Crippen LogP contribution is 2.19. The molecule has 2 rings (SSSR count). The Balaban J connectivity index is 1.66. The van der Waals surface area contributed by atoms with Crippen molar-refractivity contribution in [2.24, 2.45) is 5.92 Å². The summed E-state index contributed by atoms with van der Waals surface area (Å²) in [5, 5.41) is 12.1. The zero-order valence-corrected chi connectivity index (χ0v) is 9.32. The molecule has 1 atom stereocenters. The number of carbonyl (C=O) groups excluding carboxylic acids is 1. The lowest BCUT2D eigenvalue weighted by Crippen LogP contribution is -2.32. The minimum absolute atomic E-state index is 0.0805. The first-order valence-corrected chi connectivity index (χ1v) is 5.91. The van der Waals surface area contributed by atoms with Gasteiger partial charge in [0.05, 0.1) is 5.92 Å². The van der Waals surface area contributed by atoms with E-state index in [0.29, 0.717) is 32.0 Å². The summed E-state index contributed by atoms with van der Waals surface area (Å²) in [6.07, 6.45) is 3.53. The van der Waals surface area contributed by atoms with Crippen molar-refractivity contribution in [1.29, 1.82) is 0 Å². The van der Waals surface area contributed by atoms with Crippen LogP contribution in [0.5, 0.6) is 0 Å². The van der Waals surface area contributed by atoms with Crippen LogP contribution in [0.3, 0.4) is 0 Å². The molecule has 1 aliphatic heterocycles. The number of hydrogen-bond donors (Lipinski definition) is 2. The van der Waals surface area contributed by atoms with E-state index < -0.39 is 5.97 Å². The lowest BCUT2D eigenvalue weighted by Gasteiger charge is -2.15. The molecule has 0 spiro atoms. The standard InChI is InChI=1S/C11H18N2O3/c14-10(3-5-12-9-1-2-9)13-6-4-8(7-13)11(15)16/h8-9,12H,1-7H2,(H,15,16). The summed E-state index contributed by atoms with van der Waals surface area (Å²) in [4.78, 5) is 24.1. The molecule has 0 aromatic heterocycles. The first-order chi connectivity index (χ1) is 7.66. The van der Waals surface area contributed by atoms with Crippen LogP contribution in [0.1, 0.15) is 25.7 Å². The Kier molecular flexibility index (Phi) is 3.43. The molecule has 0 radical (unpaired) electrons. The molecule has 1 unspecified atom stereocenters. The third-order valence-corrected chi connectivity index (χ3v) is 3.24. The van der Waals surface area contributed by atoms with Gasteiger partial charge in [-0.1, -0.05) is 0 Å². The summed E-state index contributed by atoms with van der Waals surface area (Å²) in [7, 11) is 0. The number of aliphatic carboxylic acids is 1. The summed E-state index contributed by atoms with van der Waals surface area (Å²) in [5.74, 6) is -1.07. The van der Waals surface area contributed by atoms with Crippen LogP contribution in [0.15, 0.2) is 0 Å². The minimum Gasteiger partial charge on any atom is -0.481 e. The van der Waals surface area contributed by atoms with Gasteiger partial charge in [0.15, 0.2) is 0 Å². The summed E-state index contributed by atoms with van der Waals surface area (Å²) in [6.45, 7) is 1.70. The monoisotopic (exact) mass is 226 g/mol. The van der Waals surface area contributed by atoms with Gasteiger partial charge >= 0.3 is 5.97 Å². The Morgan fingerprint density at radius 1 is 1.31 bits per heavy atom. The maximum absolute atomic E-state index is 11.7. The number of carbonyl (C=O) groups is 2. The summed E-state index contributed by atoms with van der Waals surface area (Å²) in [5.41, 5.74) is 0. The van der Waals surface area contributed by atoms with Gasteiger partial charge in [-0.05, 0) is 19.3 Å². The number of amides is 1. The number of carboxylic acid groups (broad SMARTS) is 1. The molecular formula is C11H18N2O3. The van der Waals surface area contributed by atoms with Crippen molar-refractivity contribution in [2.75, 3.05) is 19.6 Å². The predicted molar refractivity (Wildman–Crippen MR) is 58.0 cm³/mol. The molecule has 16 heavy (non-hydrogen) atoms. The number of hydrogen-bond acceptors (Lipinski definition) is 3. The maximum atomic E-state index is 11.7. The van der Waals surface area contributed by atoms with Crippen molar-refractivity contribution in [3.05, 3.63) is 0 Å². The van der Waals surface area contributed by atoms with Crippen molar-refractivity contribution in [3.63, 3.8) is 0 Å². The van der Waals surface area contributed by atoms with Gasteiger partial charge in [-0.3, -0.25) is 9.59 Å². The summed E-state index contributed by atoms with van der Waals surface area (Å²) >= 11 is 0. The molecule has 1 heterocycles. The molecule has 0 aromatic carbocycles. The third-order valence-electron chi connectivity index (χ3n) is 3.24. The van der Waals surface area contributed by atoms with Gasteiger partial charge in [0.2, 0.25) is 5.91 Å². The van der Waals surface area contributed by atoms with Crippen molar-refractivity contribution in [1.82, 2.24) is 10.2 Å². The lowest BCUT2D eigenvalue weighted by molar-refractivity contribution is -0.141. The molecule has 5 nitrogen and oxygen atoms in total. The Morgan fingerprint density at radius 3 is 2.62 bits per heavy atom. The SMILES string of the molecule is O=C(O)C1CCN(C(=O)CCNC2CC2)C1. The Morgan fingerprint density at radius 2 is 2.06 bits per heavy atom. The van der Waals surface area contributed by atoms with E-state index in [4.69, 9.17) is 5.11 Å². The second-order valence-corrected chi connectivity index (χ2v) is 4.64. The highest BCUT2D eigenvalue weighted by Gasteiger charge is 2.30. The average molecular weight is 226 g/mol. The molecule has 2 aliphatic rings. The van der Waals surface area contributed by atoms with Crippen LogP contribution < -0.4 is 5.32 Å². The molecule has 1 saturated carbocycles. The Bertz CT molecular complexity index is 289. The van der Waals surface area contributed by atoms with E-state index in [0.717, 1.165) is 6.54 Å². The normalized spacial score (nSPS) is 24.8.